The highest BCUT2D eigenvalue weighted by molar-refractivity contribution is 7.99. The first-order valence-corrected chi connectivity index (χ1v) is 7.63. The van der Waals surface area contributed by atoms with Crippen molar-refractivity contribution in [1.82, 2.24) is 4.98 Å². The van der Waals surface area contributed by atoms with Crippen LogP contribution in [-0.2, 0) is 0 Å². The average molecular weight is 299 g/mol. The molecule has 3 rings (SSSR count). The number of halogens is 1. The predicted octanol–water partition coefficient (Wildman–Crippen LogP) is 4.20. The third-order valence-electron chi connectivity index (χ3n) is 3.27. The molecule has 0 radical (unpaired) electrons. The highest BCUT2D eigenvalue weighted by Crippen LogP contribution is 2.29. The SMILES string of the molecule is OC(CSc1ccccc1F)c1cccc2ncccc12. The van der Waals surface area contributed by atoms with Gasteiger partial charge in [0.2, 0.25) is 0 Å². The number of aromatic nitrogens is 1. The zero-order valence-corrected chi connectivity index (χ0v) is 12.1. The van der Waals surface area contributed by atoms with Crippen molar-refractivity contribution in [1.29, 1.82) is 0 Å². The van der Waals surface area contributed by atoms with Gasteiger partial charge in [-0.15, -0.1) is 11.8 Å². The summed E-state index contributed by atoms with van der Waals surface area (Å²) in [6.07, 6.45) is 1.06. The van der Waals surface area contributed by atoms with Gasteiger partial charge in [-0.2, -0.15) is 0 Å². The van der Waals surface area contributed by atoms with Gasteiger partial charge in [0.15, 0.2) is 0 Å². The van der Waals surface area contributed by atoms with Crippen molar-refractivity contribution in [3.63, 3.8) is 0 Å². The Balaban J connectivity index is 1.81. The quantitative estimate of drug-likeness (QED) is 0.733. The number of aliphatic hydroxyl groups is 1. The van der Waals surface area contributed by atoms with Crippen LogP contribution in [0.3, 0.4) is 0 Å². The first-order chi connectivity index (χ1) is 10.3. The fourth-order valence-electron chi connectivity index (χ4n) is 2.24. The number of benzene rings is 2. The Labute approximate surface area is 126 Å². The van der Waals surface area contributed by atoms with E-state index in [-0.39, 0.29) is 5.82 Å². The lowest BCUT2D eigenvalue weighted by molar-refractivity contribution is 0.205. The molecule has 0 saturated heterocycles. The number of thioether (sulfide) groups is 1. The van der Waals surface area contributed by atoms with Crippen LogP contribution in [0.4, 0.5) is 4.39 Å². The van der Waals surface area contributed by atoms with Crippen molar-refractivity contribution in [3.8, 4) is 0 Å². The van der Waals surface area contributed by atoms with E-state index < -0.39 is 6.10 Å². The van der Waals surface area contributed by atoms with E-state index in [1.165, 1.54) is 17.8 Å². The summed E-state index contributed by atoms with van der Waals surface area (Å²) in [7, 11) is 0. The van der Waals surface area contributed by atoms with Gasteiger partial charge in [-0.05, 0) is 29.8 Å². The van der Waals surface area contributed by atoms with E-state index in [1.54, 1.807) is 24.4 Å². The fourth-order valence-corrected chi connectivity index (χ4v) is 3.14. The number of rotatable bonds is 4. The summed E-state index contributed by atoms with van der Waals surface area (Å²) in [5.74, 6) is 0.142. The van der Waals surface area contributed by atoms with Crippen molar-refractivity contribution < 1.29 is 9.50 Å². The topological polar surface area (TPSA) is 33.1 Å². The number of hydrogen-bond acceptors (Lipinski definition) is 3. The Morgan fingerprint density at radius 1 is 1.05 bits per heavy atom. The van der Waals surface area contributed by atoms with Gasteiger partial charge in [0.1, 0.15) is 5.82 Å². The van der Waals surface area contributed by atoms with E-state index in [0.29, 0.717) is 10.6 Å². The van der Waals surface area contributed by atoms with Crippen LogP contribution in [-0.4, -0.2) is 15.8 Å². The van der Waals surface area contributed by atoms with Crippen LogP contribution in [0.15, 0.2) is 65.7 Å². The molecule has 1 heterocycles. The minimum atomic E-state index is -0.664. The molecule has 1 atom stereocenters. The van der Waals surface area contributed by atoms with E-state index in [1.807, 2.05) is 30.3 Å². The molecular weight excluding hydrogens is 285 g/mol. The van der Waals surface area contributed by atoms with Gasteiger partial charge in [0.05, 0.1) is 11.6 Å². The van der Waals surface area contributed by atoms with Crippen molar-refractivity contribution >= 4 is 22.7 Å². The minimum Gasteiger partial charge on any atom is -0.388 e. The monoisotopic (exact) mass is 299 g/mol. The molecule has 3 aromatic rings. The first-order valence-electron chi connectivity index (χ1n) is 6.65. The molecule has 0 spiro atoms. The van der Waals surface area contributed by atoms with Crippen molar-refractivity contribution in [3.05, 3.63) is 72.2 Å². The lowest BCUT2D eigenvalue weighted by Crippen LogP contribution is -2.02. The largest absolute Gasteiger partial charge is 0.388 e. The molecular formula is C17H14FNOS. The normalized spacial score (nSPS) is 12.5. The van der Waals surface area contributed by atoms with Crippen LogP contribution in [0.1, 0.15) is 11.7 Å². The summed E-state index contributed by atoms with van der Waals surface area (Å²) < 4.78 is 13.6. The summed E-state index contributed by atoms with van der Waals surface area (Å²) in [6.45, 7) is 0. The summed E-state index contributed by atoms with van der Waals surface area (Å²) in [5, 5.41) is 11.3. The average Bonchev–Trinajstić information content (AvgIpc) is 2.53. The molecule has 0 bridgehead atoms. The number of hydrogen-bond donors (Lipinski definition) is 1. The maximum Gasteiger partial charge on any atom is 0.136 e. The summed E-state index contributed by atoms with van der Waals surface area (Å²) >= 11 is 1.31. The van der Waals surface area contributed by atoms with Crippen LogP contribution in [0.5, 0.6) is 0 Å². The number of nitrogens with zero attached hydrogens (tertiary/aromatic N) is 1. The molecule has 0 aliphatic carbocycles. The molecule has 0 aliphatic rings. The van der Waals surface area contributed by atoms with E-state index in [4.69, 9.17) is 0 Å². The molecule has 0 amide bonds. The zero-order chi connectivity index (χ0) is 14.7. The molecule has 106 valence electrons. The third kappa shape index (κ3) is 3.06. The Hall–Kier alpha value is -1.91. The van der Waals surface area contributed by atoms with E-state index in [0.717, 1.165) is 16.5 Å². The molecule has 1 aromatic heterocycles. The molecule has 21 heavy (non-hydrogen) atoms. The molecule has 1 unspecified atom stereocenters. The second-order valence-corrected chi connectivity index (χ2v) is 5.74. The summed E-state index contributed by atoms with van der Waals surface area (Å²) in [6, 6.07) is 16.1. The molecule has 2 aromatic carbocycles. The van der Waals surface area contributed by atoms with Gasteiger partial charge >= 0.3 is 0 Å². The zero-order valence-electron chi connectivity index (χ0n) is 11.2. The van der Waals surface area contributed by atoms with Crippen molar-refractivity contribution in [2.24, 2.45) is 0 Å². The van der Waals surface area contributed by atoms with Crippen molar-refractivity contribution in [2.45, 2.75) is 11.0 Å². The smallest absolute Gasteiger partial charge is 0.136 e. The van der Waals surface area contributed by atoms with Gasteiger partial charge in [0.25, 0.3) is 0 Å². The second-order valence-electron chi connectivity index (χ2n) is 4.67. The highest BCUT2D eigenvalue weighted by atomic mass is 32.2. The van der Waals surface area contributed by atoms with Crippen LogP contribution in [0.25, 0.3) is 10.9 Å². The maximum absolute atomic E-state index is 13.6. The van der Waals surface area contributed by atoms with Gasteiger partial charge in [0, 0.05) is 22.2 Å². The molecule has 1 N–H and O–H groups in total. The lowest BCUT2D eigenvalue weighted by Gasteiger charge is -2.13. The molecule has 4 heteroatoms. The molecule has 2 nitrogen and oxygen atoms in total. The van der Waals surface area contributed by atoms with Crippen LogP contribution < -0.4 is 0 Å². The van der Waals surface area contributed by atoms with E-state index >= 15 is 0 Å². The Kier molecular flexibility index (Phi) is 4.18. The van der Waals surface area contributed by atoms with Crippen LogP contribution in [0.2, 0.25) is 0 Å². The van der Waals surface area contributed by atoms with Crippen LogP contribution in [0, 0.1) is 5.82 Å². The predicted molar refractivity (Wildman–Crippen MR) is 83.8 cm³/mol. The van der Waals surface area contributed by atoms with Gasteiger partial charge < -0.3 is 5.11 Å². The Morgan fingerprint density at radius 3 is 2.76 bits per heavy atom. The maximum atomic E-state index is 13.6. The Morgan fingerprint density at radius 2 is 1.90 bits per heavy atom. The standard InChI is InChI=1S/C17H14FNOS/c18-14-7-1-2-9-17(14)21-11-16(20)13-5-3-8-15-12(13)6-4-10-19-15/h1-10,16,20H,11H2. The number of aliphatic hydroxyl groups excluding tert-OH is 1. The highest BCUT2D eigenvalue weighted by Gasteiger charge is 2.13. The molecule has 0 aliphatic heterocycles. The third-order valence-corrected chi connectivity index (χ3v) is 4.40. The number of fused-ring (bicyclic) bond motifs is 1. The number of pyridine rings is 1. The second kappa shape index (κ2) is 6.24. The first kappa shape index (κ1) is 14.0. The Bertz CT molecular complexity index is 757. The van der Waals surface area contributed by atoms with Gasteiger partial charge in [-0.25, -0.2) is 4.39 Å². The molecule has 0 saturated carbocycles. The van der Waals surface area contributed by atoms with E-state index in [9.17, 15) is 9.50 Å². The summed E-state index contributed by atoms with van der Waals surface area (Å²) in [4.78, 5) is 4.83. The van der Waals surface area contributed by atoms with Crippen molar-refractivity contribution in [2.75, 3.05) is 5.75 Å². The lowest BCUT2D eigenvalue weighted by atomic mass is 10.0. The van der Waals surface area contributed by atoms with Gasteiger partial charge in [-0.1, -0.05) is 30.3 Å². The summed E-state index contributed by atoms with van der Waals surface area (Å²) in [5.41, 5.74) is 1.68. The van der Waals surface area contributed by atoms with Crippen LogP contribution >= 0.6 is 11.8 Å². The molecule has 0 fully saturated rings. The fraction of sp³-hybridized carbons (Fsp3) is 0.118. The van der Waals surface area contributed by atoms with Gasteiger partial charge in [-0.3, -0.25) is 4.98 Å². The minimum absolute atomic E-state index is 0.255. The van der Waals surface area contributed by atoms with E-state index in [2.05, 4.69) is 4.98 Å².